The average molecular weight is 322 g/mol. The van der Waals surface area contributed by atoms with Crippen LogP contribution in [0.5, 0.6) is 5.75 Å². The molecule has 1 aromatic rings. The number of carbonyl (C=O) groups excluding carboxylic acids is 1. The second-order valence-corrected chi connectivity index (χ2v) is 5.16. The van der Waals surface area contributed by atoms with Gasteiger partial charge in [0.05, 0.1) is 4.47 Å². The summed E-state index contributed by atoms with van der Waals surface area (Å²) in [4.78, 5) is 11.5. The fraction of sp³-hybridized carbons (Fsp3) is 0.364. The molecule has 1 rings (SSSR count). The number of carbonyl (C=O) groups is 1. The molecule has 0 aliphatic heterocycles. The molecular formula is C11H14BrClN2O2. The van der Waals surface area contributed by atoms with E-state index < -0.39 is 6.10 Å². The van der Waals surface area contributed by atoms with Crippen molar-refractivity contribution >= 4 is 33.4 Å². The summed E-state index contributed by atoms with van der Waals surface area (Å²) in [7, 11) is 0. The van der Waals surface area contributed by atoms with Gasteiger partial charge in [-0.2, -0.15) is 0 Å². The molecule has 0 aliphatic carbocycles. The lowest BCUT2D eigenvalue weighted by Gasteiger charge is -2.21. The van der Waals surface area contributed by atoms with Crippen molar-refractivity contribution in [1.29, 1.82) is 0 Å². The van der Waals surface area contributed by atoms with Gasteiger partial charge in [0, 0.05) is 5.02 Å². The zero-order chi connectivity index (χ0) is 13.0. The van der Waals surface area contributed by atoms with E-state index in [1.807, 2.05) is 13.8 Å². The summed E-state index contributed by atoms with van der Waals surface area (Å²) in [6, 6.07) is 5.10. The van der Waals surface area contributed by atoms with Crippen molar-refractivity contribution in [3.8, 4) is 5.75 Å². The molecule has 94 valence electrons. The highest BCUT2D eigenvalue weighted by Gasteiger charge is 2.24. The van der Waals surface area contributed by atoms with Crippen LogP contribution in [0.3, 0.4) is 0 Å². The van der Waals surface area contributed by atoms with Gasteiger partial charge in [0.25, 0.3) is 5.91 Å². The predicted molar refractivity (Wildman–Crippen MR) is 70.7 cm³/mol. The first-order valence-electron chi connectivity index (χ1n) is 5.08. The lowest BCUT2D eigenvalue weighted by molar-refractivity contribution is -0.129. The molecule has 0 fully saturated rings. The first-order valence-corrected chi connectivity index (χ1v) is 6.25. The molecule has 0 spiro atoms. The molecule has 0 aromatic heterocycles. The average Bonchev–Trinajstić information content (AvgIpc) is 2.26. The predicted octanol–water partition coefficient (Wildman–Crippen LogP) is 2.50. The quantitative estimate of drug-likeness (QED) is 0.509. The Kier molecular flexibility index (Phi) is 5.24. The normalized spacial score (nSPS) is 12.4. The Labute approximate surface area is 114 Å². The maximum Gasteiger partial charge on any atom is 0.275 e. The highest BCUT2D eigenvalue weighted by Crippen LogP contribution is 2.29. The van der Waals surface area contributed by atoms with Crippen LogP contribution in [0.4, 0.5) is 0 Å². The molecule has 6 heteroatoms. The van der Waals surface area contributed by atoms with Gasteiger partial charge in [-0.25, -0.2) is 5.84 Å². The van der Waals surface area contributed by atoms with Crippen molar-refractivity contribution in [3.63, 3.8) is 0 Å². The van der Waals surface area contributed by atoms with Gasteiger partial charge in [0.2, 0.25) is 0 Å². The third kappa shape index (κ3) is 3.87. The second-order valence-electron chi connectivity index (χ2n) is 3.87. The van der Waals surface area contributed by atoms with Crippen molar-refractivity contribution < 1.29 is 9.53 Å². The molecular weight excluding hydrogens is 307 g/mol. The van der Waals surface area contributed by atoms with Crippen LogP contribution < -0.4 is 16.0 Å². The molecule has 0 saturated heterocycles. The Morgan fingerprint density at radius 3 is 2.65 bits per heavy atom. The summed E-state index contributed by atoms with van der Waals surface area (Å²) in [6.07, 6.45) is -0.641. The first-order chi connectivity index (χ1) is 7.95. The van der Waals surface area contributed by atoms with Gasteiger partial charge in [0.1, 0.15) is 5.75 Å². The zero-order valence-corrected chi connectivity index (χ0v) is 11.9. The van der Waals surface area contributed by atoms with Crippen LogP contribution in [0.25, 0.3) is 0 Å². The summed E-state index contributed by atoms with van der Waals surface area (Å²) in [6.45, 7) is 3.76. The molecule has 1 amide bonds. The minimum atomic E-state index is -0.641. The zero-order valence-electron chi connectivity index (χ0n) is 9.54. The molecule has 0 bridgehead atoms. The Morgan fingerprint density at radius 1 is 1.53 bits per heavy atom. The summed E-state index contributed by atoms with van der Waals surface area (Å²) < 4.78 is 6.31. The molecule has 3 N–H and O–H groups in total. The van der Waals surface area contributed by atoms with Gasteiger partial charge in [-0.05, 0) is 40.0 Å². The third-order valence-corrected chi connectivity index (χ3v) is 3.01. The number of hydrogen-bond donors (Lipinski definition) is 2. The van der Waals surface area contributed by atoms with Gasteiger partial charge in [-0.15, -0.1) is 0 Å². The molecule has 0 saturated carbocycles. The van der Waals surface area contributed by atoms with Gasteiger partial charge < -0.3 is 4.74 Å². The number of halogens is 2. The Balaban J connectivity index is 2.90. The van der Waals surface area contributed by atoms with E-state index in [1.165, 1.54) is 0 Å². The Morgan fingerprint density at radius 2 is 2.18 bits per heavy atom. The van der Waals surface area contributed by atoms with E-state index in [4.69, 9.17) is 22.2 Å². The minimum Gasteiger partial charge on any atom is -0.479 e. The van der Waals surface area contributed by atoms with Crippen molar-refractivity contribution in [2.45, 2.75) is 20.0 Å². The fourth-order valence-corrected chi connectivity index (χ4v) is 2.06. The van der Waals surface area contributed by atoms with E-state index in [0.29, 0.717) is 15.2 Å². The Bertz CT molecular complexity index is 412. The number of hydrazine groups is 1. The maximum atomic E-state index is 11.5. The van der Waals surface area contributed by atoms with E-state index >= 15 is 0 Å². The highest BCUT2D eigenvalue weighted by atomic mass is 79.9. The highest BCUT2D eigenvalue weighted by molar-refractivity contribution is 9.10. The van der Waals surface area contributed by atoms with E-state index in [1.54, 1.807) is 18.2 Å². The van der Waals surface area contributed by atoms with E-state index in [9.17, 15) is 4.79 Å². The van der Waals surface area contributed by atoms with Crippen molar-refractivity contribution in [2.24, 2.45) is 11.8 Å². The van der Waals surface area contributed by atoms with Gasteiger partial charge in [-0.3, -0.25) is 10.2 Å². The molecule has 1 atom stereocenters. The van der Waals surface area contributed by atoms with Crippen LogP contribution in [-0.2, 0) is 4.79 Å². The van der Waals surface area contributed by atoms with Crippen LogP contribution in [-0.4, -0.2) is 12.0 Å². The van der Waals surface area contributed by atoms with Crippen LogP contribution in [0.15, 0.2) is 22.7 Å². The molecule has 0 radical (unpaired) electrons. The SMILES string of the molecule is CC(C)C(Oc1ccc(Cl)cc1Br)C(=O)NN. The van der Waals surface area contributed by atoms with Gasteiger partial charge in [0.15, 0.2) is 6.10 Å². The molecule has 0 heterocycles. The van der Waals surface area contributed by atoms with Crippen molar-refractivity contribution in [3.05, 3.63) is 27.7 Å². The fourth-order valence-electron chi connectivity index (χ4n) is 1.28. The van der Waals surface area contributed by atoms with Crippen LogP contribution in [0, 0.1) is 5.92 Å². The van der Waals surface area contributed by atoms with E-state index in [0.717, 1.165) is 0 Å². The largest absolute Gasteiger partial charge is 0.479 e. The van der Waals surface area contributed by atoms with Gasteiger partial charge >= 0.3 is 0 Å². The second kappa shape index (κ2) is 6.23. The molecule has 17 heavy (non-hydrogen) atoms. The number of nitrogens with one attached hydrogen (secondary N) is 1. The van der Waals surface area contributed by atoms with Crippen molar-refractivity contribution in [2.75, 3.05) is 0 Å². The summed E-state index contributed by atoms with van der Waals surface area (Å²) in [5.41, 5.74) is 2.09. The molecule has 0 aliphatic rings. The molecule has 1 aromatic carbocycles. The number of benzene rings is 1. The Hall–Kier alpha value is -0.780. The third-order valence-electron chi connectivity index (χ3n) is 2.15. The first kappa shape index (κ1) is 14.3. The van der Waals surface area contributed by atoms with Crippen molar-refractivity contribution in [1.82, 2.24) is 5.43 Å². The lowest BCUT2D eigenvalue weighted by Crippen LogP contribution is -2.44. The number of ether oxygens (including phenoxy) is 1. The summed E-state index contributed by atoms with van der Waals surface area (Å²) >= 11 is 9.14. The number of hydrogen-bond acceptors (Lipinski definition) is 3. The number of amides is 1. The standard InChI is InChI=1S/C11H14BrClN2O2/c1-6(2)10(11(16)15-14)17-9-4-3-7(13)5-8(9)12/h3-6,10H,14H2,1-2H3,(H,15,16). The monoisotopic (exact) mass is 320 g/mol. The number of nitrogens with two attached hydrogens (primary N) is 1. The van der Waals surface area contributed by atoms with E-state index in [-0.39, 0.29) is 11.8 Å². The van der Waals surface area contributed by atoms with Crippen LogP contribution in [0.1, 0.15) is 13.8 Å². The van der Waals surface area contributed by atoms with E-state index in [2.05, 4.69) is 21.4 Å². The molecule has 4 nitrogen and oxygen atoms in total. The topological polar surface area (TPSA) is 64.3 Å². The summed E-state index contributed by atoms with van der Waals surface area (Å²) in [5.74, 6) is 5.31. The number of rotatable bonds is 4. The summed E-state index contributed by atoms with van der Waals surface area (Å²) in [5, 5.41) is 0.591. The minimum absolute atomic E-state index is 0.00104. The van der Waals surface area contributed by atoms with Gasteiger partial charge in [-0.1, -0.05) is 25.4 Å². The smallest absolute Gasteiger partial charge is 0.275 e. The maximum absolute atomic E-state index is 11.5. The van der Waals surface area contributed by atoms with Crippen LogP contribution in [0.2, 0.25) is 5.02 Å². The lowest BCUT2D eigenvalue weighted by atomic mass is 10.1. The molecule has 1 unspecified atom stereocenters. The van der Waals surface area contributed by atoms with Crippen LogP contribution >= 0.6 is 27.5 Å².